The minimum Gasteiger partial charge on any atom is -0.432 e. The summed E-state index contributed by atoms with van der Waals surface area (Å²) in [5, 5.41) is 0. The van der Waals surface area contributed by atoms with Crippen molar-refractivity contribution in [2.24, 2.45) is 0 Å². The van der Waals surface area contributed by atoms with Crippen molar-refractivity contribution in [1.82, 2.24) is 19.1 Å². The third-order valence-corrected chi connectivity index (χ3v) is 5.58. The van der Waals surface area contributed by atoms with Crippen molar-refractivity contribution >= 4 is 0 Å². The molecule has 0 saturated carbocycles. The van der Waals surface area contributed by atoms with Crippen molar-refractivity contribution in [2.75, 3.05) is 0 Å². The molecule has 0 atom stereocenters. The van der Waals surface area contributed by atoms with E-state index in [4.69, 9.17) is 0 Å². The fraction of sp³-hybridized carbons (Fsp3) is 0.250. The van der Waals surface area contributed by atoms with E-state index in [1.165, 1.54) is 22.1 Å². The number of hydrogen-bond acceptors (Lipinski definition) is 2. The van der Waals surface area contributed by atoms with Gasteiger partial charge in [-0.3, -0.25) is 14.4 Å². The van der Waals surface area contributed by atoms with Gasteiger partial charge in [-0.15, -0.1) is 12.1 Å². The zero-order chi connectivity index (χ0) is 23.3. The smallest absolute Gasteiger partial charge is 0.432 e. The van der Waals surface area contributed by atoms with Crippen LogP contribution in [0.3, 0.4) is 0 Å². The van der Waals surface area contributed by atoms with Gasteiger partial charge in [0.2, 0.25) is 0 Å². The molecule has 0 aliphatic heterocycles. The van der Waals surface area contributed by atoms with Gasteiger partial charge in [-0.05, 0) is 31.5 Å². The average molecular weight is 636 g/mol. The quantitative estimate of drug-likeness (QED) is 0.212. The van der Waals surface area contributed by atoms with E-state index in [1.54, 1.807) is 31.2 Å². The summed E-state index contributed by atoms with van der Waals surface area (Å²) in [5.41, 5.74) is 0.274. The summed E-state index contributed by atoms with van der Waals surface area (Å²) in [5.74, 6) is 0.469. The van der Waals surface area contributed by atoms with Crippen molar-refractivity contribution in [3.05, 3.63) is 95.1 Å². The molecule has 0 N–H and O–H groups in total. The van der Waals surface area contributed by atoms with E-state index >= 15 is 0 Å². The summed E-state index contributed by atoms with van der Waals surface area (Å²) in [7, 11) is 0. The molecule has 0 fully saturated rings. The Balaban J connectivity index is 0.00000306. The van der Waals surface area contributed by atoms with Crippen LogP contribution >= 0.6 is 0 Å². The number of pyridine rings is 2. The summed E-state index contributed by atoms with van der Waals surface area (Å²) < 4.78 is 56.2. The summed E-state index contributed by atoms with van der Waals surface area (Å²) in [6, 6.07) is 12.8. The number of hydrogen-bond donors (Lipinski definition) is 0. The largest absolute Gasteiger partial charge is 2.00 e. The Hall–Kier alpha value is -2.73. The first-order valence-corrected chi connectivity index (χ1v) is 9.88. The monoisotopic (exact) mass is 635 g/mol. The molecule has 4 aromatic rings. The van der Waals surface area contributed by atoms with Crippen LogP contribution in [0.2, 0.25) is 0 Å². The predicted octanol–water partition coefficient (Wildman–Crippen LogP) is 5.76. The molecule has 0 aliphatic rings. The molecule has 0 bridgehead atoms. The fourth-order valence-electron chi connectivity index (χ4n) is 3.57. The normalized spacial score (nSPS) is 12.0. The molecule has 174 valence electrons. The van der Waals surface area contributed by atoms with Crippen molar-refractivity contribution in [1.29, 1.82) is 0 Å². The van der Waals surface area contributed by atoms with Gasteiger partial charge in [-0.1, -0.05) is 61.9 Å². The van der Waals surface area contributed by atoms with Gasteiger partial charge in [0, 0.05) is 22.6 Å². The topological polar surface area (TPSA) is 35.6 Å². The number of rotatable bonds is 4. The molecule has 0 radical (unpaired) electrons. The van der Waals surface area contributed by atoms with Gasteiger partial charge >= 0.3 is 27.2 Å². The molecule has 0 amide bonds. The second-order valence-corrected chi connectivity index (χ2v) is 8.03. The van der Waals surface area contributed by atoms with Crippen LogP contribution in [0.5, 0.6) is 0 Å². The van der Waals surface area contributed by atoms with Crippen LogP contribution in [0, 0.1) is 32.1 Å². The second-order valence-electron chi connectivity index (χ2n) is 8.03. The third-order valence-electron chi connectivity index (χ3n) is 5.58. The SMILES string of the molecule is Cc1c(F)c[c-]n1-c1cccc(C(C)(C)c2cccc(-n3[c-]cc(C(F)(F)F)c3C)n2)n1.[Pt+2]. The van der Waals surface area contributed by atoms with E-state index in [0.717, 1.165) is 6.07 Å². The predicted molar refractivity (Wildman–Crippen MR) is 111 cm³/mol. The summed E-state index contributed by atoms with van der Waals surface area (Å²) >= 11 is 0. The summed E-state index contributed by atoms with van der Waals surface area (Å²) in [4.78, 5) is 9.30. The molecule has 0 unspecified atom stereocenters. The molecule has 33 heavy (non-hydrogen) atoms. The van der Waals surface area contributed by atoms with Gasteiger partial charge in [-0.2, -0.15) is 13.2 Å². The average Bonchev–Trinajstić information content (AvgIpc) is 3.30. The van der Waals surface area contributed by atoms with Gasteiger partial charge < -0.3 is 9.13 Å². The summed E-state index contributed by atoms with van der Waals surface area (Å²) in [6.45, 7) is 6.87. The maximum absolute atomic E-state index is 13.8. The third kappa shape index (κ3) is 4.54. The van der Waals surface area contributed by atoms with Crippen molar-refractivity contribution in [2.45, 2.75) is 39.3 Å². The molecule has 4 heterocycles. The van der Waals surface area contributed by atoms with Crippen LogP contribution in [0.15, 0.2) is 48.5 Å². The van der Waals surface area contributed by atoms with Gasteiger partial charge in [0.1, 0.15) is 0 Å². The first kappa shape index (κ1) is 24.9. The number of alkyl halides is 3. The zero-order valence-corrected chi connectivity index (χ0v) is 20.5. The fourth-order valence-corrected chi connectivity index (χ4v) is 3.57. The van der Waals surface area contributed by atoms with E-state index < -0.39 is 17.2 Å². The molecular formula is C24H20F4N4Pt. The van der Waals surface area contributed by atoms with Crippen LogP contribution in [-0.4, -0.2) is 19.1 Å². The summed E-state index contributed by atoms with van der Waals surface area (Å²) in [6.07, 6.45) is 0.996. The maximum atomic E-state index is 13.8. The first-order valence-electron chi connectivity index (χ1n) is 9.88. The number of nitrogens with zero attached hydrogens (tertiary/aromatic N) is 4. The number of aromatic nitrogens is 4. The standard InChI is InChI=1S/C24H20F4N4.Pt/c1-15-17(24(26,27)28)11-13-31(15)21-9-5-7-19(29-21)23(3,4)20-8-6-10-22(30-20)32-14-12-18(25)16(32)2;/h5-12H,1-4H3;/q-2;+2. The molecule has 0 saturated heterocycles. The molecule has 0 aliphatic carbocycles. The van der Waals surface area contributed by atoms with Gasteiger partial charge in [0.25, 0.3) is 0 Å². The minimum absolute atomic E-state index is 0. The van der Waals surface area contributed by atoms with Crippen LogP contribution in [0.1, 0.15) is 42.2 Å². The molecule has 9 heteroatoms. The van der Waals surface area contributed by atoms with Gasteiger partial charge in [0.05, 0.1) is 11.6 Å². The Morgan fingerprint density at radius 3 is 1.70 bits per heavy atom. The van der Waals surface area contributed by atoms with E-state index in [2.05, 4.69) is 22.4 Å². The Morgan fingerprint density at radius 2 is 1.27 bits per heavy atom. The van der Waals surface area contributed by atoms with Gasteiger partial charge in [0.15, 0.2) is 0 Å². The van der Waals surface area contributed by atoms with E-state index in [-0.39, 0.29) is 32.6 Å². The second kappa shape index (κ2) is 8.90. The van der Waals surface area contributed by atoms with Crippen molar-refractivity contribution in [3.63, 3.8) is 0 Å². The Kier molecular flexibility index (Phi) is 6.71. The molecule has 0 spiro atoms. The van der Waals surface area contributed by atoms with E-state index in [1.807, 2.05) is 26.0 Å². The van der Waals surface area contributed by atoms with Crippen LogP contribution in [0.25, 0.3) is 11.6 Å². The molecular weight excluding hydrogens is 615 g/mol. The van der Waals surface area contributed by atoms with Crippen LogP contribution < -0.4 is 0 Å². The van der Waals surface area contributed by atoms with Gasteiger partial charge in [-0.25, -0.2) is 0 Å². The van der Waals surface area contributed by atoms with Crippen LogP contribution in [-0.2, 0) is 32.7 Å². The Morgan fingerprint density at radius 1 is 0.788 bits per heavy atom. The molecule has 4 aromatic heterocycles. The van der Waals surface area contributed by atoms with Crippen LogP contribution in [0.4, 0.5) is 17.6 Å². The van der Waals surface area contributed by atoms with E-state index in [0.29, 0.717) is 28.7 Å². The molecule has 0 aromatic carbocycles. The zero-order valence-electron chi connectivity index (χ0n) is 18.2. The molecule has 4 nitrogen and oxygen atoms in total. The Labute approximate surface area is 203 Å². The minimum atomic E-state index is -4.46. The Bertz CT molecular complexity index is 1290. The van der Waals surface area contributed by atoms with Crippen molar-refractivity contribution < 1.29 is 38.6 Å². The number of halogens is 4. The maximum Gasteiger partial charge on any atom is 2.00 e. The first-order chi connectivity index (χ1) is 15.0. The van der Waals surface area contributed by atoms with Crippen molar-refractivity contribution in [3.8, 4) is 11.6 Å². The molecule has 4 rings (SSSR count). The van der Waals surface area contributed by atoms with E-state index in [9.17, 15) is 17.6 Å².